The van der Waals surface area contributed by atoms with Crippen molar-refractivity contribution >= 4 is 52.3 Å². The minimum Gasteiger partial charge on any atom is -0.294 e. The number of hydrogen-bond acceptors (Lipinski definition) is 2. The highest BCUT2D eigenvalue weighted by molar-refractivity contribution is 7.99. The number of ketones is 1. The number of carbonyl (C=O) groups is 1. The van der Waals surface area contributed by atoms with Crippen LogP contribution in [-0.4, -0.2) is 5.78 Å². The Kier molecular flexibility index (Phi) is 4.80. The molecule has 1 nitrogen and oxygen atoms in total. The first-order valence-corrected chi connectivity index (χ1v) is 7.36. The van der Waals surface area contributed by atoms with E-state index in [0.717, 1.165) is 9.79 Å². The molecule has 2 aromatic rings. The Balaban J connectivity index is 2.43. The largest absolute Gasteiger partial charge is 0.294 e. The summed E-state index contributed by atoms with van der Waals surface area (Å²) in [4.78, 5) is 13.2. The van der Waals surface area contributed by atoms with Gasteiger partial charge in [-0.3, -0.25) is 4.79 Å². The standard InChI is InChI=1S/C14H9Cl3OS/c1-8(18)11-6-9(15)3-5-13(11)19-14-7-10(16)2-4-12(14)17/h2-7H,1H3. The number of rotatable bonds is 3. The molecule has 0 aromatic heterocycles. The fourth-order valence-electron chi connectivity index (χ4n) is 1.54. The number of benzene rings is 2. The first-order valence-electron chi connectivity index (χ1n) is 5.41. The first-order chi connectivity index (χ1) is 8.97. The van der Waals surface area contributed by atoms with Crippen LogP contribution in [0.15, 0.2) is 46.2 Å². The quantitative estimate of drug-likeness (QED) is 0.641. The zero-order chi connectivity index (χ0) is 14.0. The van der Waals surface area contributed by atoms with E-state index in [1.807, 2.05) is 0 Å². The smallest absolute Gasteiger partial charge is 0.160 e. The van der Waals surface area contributed by atoms with Crippen LogP contribution in [0.5, 0.6) is 0 Å². The lowest BCUT2D eigenvalue weighted by Gasteiger charge is -2.09. The molecule has 0 saturated heterocycles. The predicted molar refractivity (Wildman–Crippen MR) is 82.0 cm³/mol. The molecular formula is C14H9Cl3OS. The van der Waals surface area contributed by atoms with Crippen LogP contribution in [0.2, 0.25) is 15.1 Å². The summed E-state index contributed by atoms with van der Waals surface area (Å²) in [6.07, 6.45) is 0. The summed E-state index contributed by atoms with van der Waals surface area (Å²) in [6.45, 7) is 1.51. The van der Waals surface area contributed by atoms with E-state index in [4.69, 9.17) is 34.8 Å². The highest BCUT2D eigenvalue weighted by Gasteiger charge is 2.11. The van der Waals surface area contributed by atoms with E-state index in [1.54, 1.807) is 36.4 Å². The Morgan fingerprint density at radius 1 is 0.947 bits per heavy atom. The molecule has 0 N–H and O–H groups in total. The second-order valence-electron chi connectivity index (χ2n) is 3.87. The summed E-state index contributed by atoms with van der Waals surface area (Å²) in [5, 5.41) is 1.73. The lowest BCUT2D eigenvalue weighted by atomic mass is 10.1. The minimum atomic E-state index is -0.0387. The fourth-order valence-corrected chi connectivity index (χ4v) is 3.22. The van der Waals surface area contributed by atoms with E-state index < -0.39 is 0 Å². The van der Waals surface area contributed by atoms with Gasteiger partial charge in [0.1, 0.15) is 0 Å². The Morgan fingerprint density at radius 3 is 2.26 bits per heavy atom. The van der Waals surface area contributed by atoms with Crippen molar-refractivity contribution in [2.24, 2.45) is 0 Å². The molecule has 0 atom stereocenters. The van der Waals surface area contributed by atoms with Crippen LogP contribution < -0.4 is 0 Å². The van der Waals surface area contributed by atoms with Gasteiger partial charge in [-0.15, -0.1) is 0 Å². The second-order valence-corrected chi connectivity index (χ2v) is 6.24. The molecule has 0 radical (unpaired) electrons. The Labute approximate surface area is 130 Å². The molecule has 5 heteroatoms. The van der Waals surface area contributed by atoms with Gasteiger partial charge in [0.25, 0.3) is 0 Å². The SMILES string of the molecule is CC(=O)c1cc(Cl)ccc1Sc1cc(Cl)ccc1Cl. The maximum atomic E-state index is 11.6. The normalized spacial score (nSPS) is 10.5. The van der Waals surface area contributed by atoms with Gasteiger partial charge < -0.3 is 0 Å². The summed E-state index contributed by atoms with van der Waals surface area (Å²) in [7, 11) is 0. The van der Waals surface area contributed by atoms with Crippen molar-refractivity contribution in [3.05, 3.63) is 57.0 Å². The Morgan fingerprint density at radius 2 is 1.58 bits per heavy atom. The molecule has 0 fully saturated rings. The van der Waals surface area contributed by atoms with Crippen LogP contribution in [0.4, 0.5) is 0 Å². The third-order valence-corrected chi connectivity index (χ3v) is 4.48. The molecule has 0 heterocycles. The Bertz CT molecular complexity index is 641. The molecule has 0 amide bonds. The molecule has 2 rings (SSSR count). The third kappa shape index (κ3) is 3.67. The molecule has 2 aromatic carbocycles. The van der Waals surface area contributed by atoms with Crippen LogP contribution in [0.3, 0.4) is 0 Å². The van der Waals surface area contributed by atoms with Gasteiger partial charge >= 0.3 is 0 Å². The predicted octanol–water partition coefficient (Wildman–Crippen LogP) is 6.00. The maximum absolute atomic E-state index is 11.6. The maximum Gasteiger partial charge on any atom is 0.160 e. The van der Waals surface area contributed by atoms with Crippen molar-refractivity contribution in [3.63, 3.8) is 0 Å². The zero-order valence-corrected chi connectivity index (χ0v) is 13.0. The highest BCUT2D eigenvalue weighted by Crippen LogP contribution is 2.37. The van der Waals surface area contributed by atoms with Gasteiger partial charge in [-0.1, -0.05) is 46.6 Å². The number of carbonyl (C=O) groups excluding carboxylic acids is 1. The van der Waals surface area contributed by atoms with Gasteiger partial charge in [0.15, 0.2) is 5.78 Å². The summed E-state index contributed by atoms with van der Waals surface area (Å²) in [5.41, 5.74) is 0.577. The van der Waals surface area contributed by atoms with E-state index in [-0.39, 0.29) is 5.78 Å². The number of hydrogen-bond donors (Lipinski definition) is 0. The highest BCUT2D eigenvalue weighted by atomic mass is 35.5. The van der Waals surface area contributed by atoms with Gasteiger partial charge in [-0.05, 0) is 43.3 Å². The molecule has 0 aliphatic rings. The van der Waals surface area contributed by atoms with E-state index in [0.29, 0.717) is 20.6 Å². The van der Waals surface area contributed by atoms with E-state index in [1.165, 1.54) is 18.7 Å². The lowest BCUT2D eigenvalue weighted by Crippen LogP contribution is -1.95. The van der Waals surface area contributed by atoms with Crippen molar-refractivity contribution < 1.29 is 4.79 Å². The fraction of sp³-hybridized carbons (Fsp3) is 0.0714. The number of halogens is 3. The summed E-state index contributed by atoms with van der Waals surface area (Å²) in [5.74, 6) is -0.0387. The molecule has 98 valence electrons. The first kappa shape index (κ1) is 14.7. The molecule has 19 heavy (non-hydrogen) atoms. The molecule has 0 spiro atoms. The molecule has 0 aliphatic heterocycles. The van der Waals surface area contributed by atoms with Gasteiger partial charge in [-0.2, -0.15) is 0 Å². The molecular weight excluding hydrogens is 323 g/mol. The average molecular weight is 332 g/mol. The van der Waals surface area contributed by atoms with Crippen LogP contribution in [0, 0.1) is 0 Å². The molecule has 0 saturated carbocycles. The van der Waals surface area contributed by atoms with Gasteiger partial charge in [0.2, 0.25) is 0 Å². The average Bonchev–Trinajstić information content (AvgIpc) is 2.35. The molecule has 0 bridgehead atoms. The van der Waals surface area contributed by atoms with E-state index in [9.17, 15) is 4.79 Å². The monoisotopic (exact) mass is 330 g/mol. The lowest BCUT2D eigenvalue weighted by molar-refractivity contribution is 0.101. The van der Waals surface area contributed by atoms with Crippen molar-refractivity contribution in [1.29, 1.82) is 0 Å². The zero-order valence-electron chi connectivity index (χ0n) is 9.91. The van der Waals surface area contributed by atoms with Gasteiger partial charge in [0.05, 0.1) is 5.02 Å². The topological polar surface area (TPSA) is 17.1 Å². The second kappa shape index (κ2) is 6.19. The number of Topliss-reactive ketones (excluding diaryl/α,β-unsaturated/α-hetero) is 1. The van der Waals surface area contributed by atoms with Crippen molar-refractivity contribution in [1.82, 2.24) is 0 Å². The molecule has 0 unspecified atom stereocenters. The minimum absolute atomic E-state index is 0.0387. The summed E-state index contributed by atoms with van der Waals surface area (Å²) >= 11 is 19.4. The third-order valence-electron chi connectivity index (χ3n) is 2.43. The van der Waals surface area contributed by atoms with Crippen molar-refractivity contribution in [2.75, 3.05) is 0 Å². The van der Waals surface area contributed by atoms with Crippen molar-refractivity contribution in [2.45, 2.75) is 16.7 Å². The Hall–Kier alpha value is -0.670. The van der Waals surface area contributed by atoms with Crippen LogP contribution in [0.1, 0.15) is 17.3 Å². The van der Waals surface area contributed by atoms with Crippen LogP contribution in [-0.2, 0) is 0 Å². The van der Waals surface area contributed by atoms with E-state index >= 15 is 0 Å². The van der Waals surface area contributed by atoms with E-state index in [2.05, 4.69) is 0 Å². The summed E-state index contributed by atoms with van der Waals surface area (Å²) < 4.78 is 0. The molecule has 0 aliphatic carbocycles. The van der Waals surface area contributed by atoms with Gasteiger partial charge in [-0.25, -0.2) is 0 Å². The van der Waals surface area contributed by atoms with Crippen LogP contribution in [0.25, 0.3) is 0 Å². The summed E-state index contributed by atoms with van der Waals surface area (Å²) in [6, 6.07) is 10.4. The van der Waals surface area contributed by atoms with Crippen LogP contribution >= 0.6 is 46.6 Å². The van der Waals surface area contributed by atoms with Gasteiger partial charge in [0, 0.05) is 25.4 Å². The van der Waals surface area contributed by atoms with Crippen molar-refractivity contribution in [3.8, 4) is 0 Å².